The van der Waals surface area contributed by atoms with Crippen LogP contribution in [0.1, 0.15) is 47.1 Å². The number of aromatic nitrogens is 1. The van der Waals surface area contributed by atoms with E-state index >= 15 is 0 Å². The van der Waals surface area contributed by atoms with Crippen LogP contribution in [0.15, 0.2) is 22.8 Å². The summed E-state index contributed by atoms with van der Waals surface area (Å²) < 4.78 is 17.7. The monoisotopic (exact) mass is 383 g/mol. The molecule has 1 nitrogen and oxygen atoms in total. The molecule has 1 aromatic heterocycles. The Kier molecular flexibility index (Phi) is 4.93. The minimum atomic E-state index is -1.85. The van der Waals surface area contributed by atoms with Crippen LogP contribution in [0.25, 0.3) is 10.9 Å². The van der Waals surface area contributed by atoms with Gasteiger partial charge in [-0.05, 0) is 63.4 Å². The van der Waals surface area contributed by atoms with Crippen LogP contribution >= 0.6 is 15.9 Å². The van der Waals surface area contributed by atoms with Gasteiger partial charge in [-0.1, -0.05) is 41.5 Å². The number of nitrogens with zero attached hydrogens (tertiary/aromatic N) is 1. The van der Waals surface area contributed by atoms with E-state index in [2.05, 4.69) is 74.0 Å². The molecule has 1 aromatic carbocycles. The van der Waals surface area contributed by atoms with E-state index in [9.17, 15) is 4.39 Å². The van der Waals surface area contributed by atoms with Gasteiger partial charge in [0.1, 0.15) is 5.82 Å². The van der Waals surface area contributed by atoms with Gasteiger partial charge in [0.25, 0.3) is 0 Å². The molecule has 1 heterocycles. The first-order valence-electron chi connectivity index (χ1n) is 8.11. The molecule has 0 aliphatic carbocycles. The number of hydrogen-bond acceptors (Lipinski definition) is 0. The van der Waals surface area contributed by atoms with Gasteiger partial charge in [0.05, 0.1) is 0 Å². The minimum Gasteiger partial charge on any atom is -0.373 e. The zero-order valence-electron chi connectivity index (χ0n) is 14.7. The second-order valence-corrected chi connectivity index (χ2v) is 13.8. The number of fused-ring (bicyclic) bond motifs is 1. The fraction of sp³-hybridized carbons (Fsp3) is 0.556. The maximum Gasteiger partial charge on any atom is 0.169 e. The molecule has 0 amide bonds. The van der Waals surface area contributed by atoms with E-state index in [0.29, 0.717) is 22.2 Å². The lowest BCUT2D eigenvalue weighted by molar-refractivity contribution is 0.619. The molecule has 0 N–H and O–H groups in total. The van der Waals surface area contributed by atoms with E-state index in [4.69, 9.17) is 0 Å². The second-order valence-electron chi connectivity index (χ2n) is 7.27. The Balaban J connectivity index is 2.87. The lowest BCUT2D eigenvalue weighted by Gasteiger charge is -2.44. The van der Waals surface area contributed by atoms with Crippen molar-refractivity contribution in [2.75, 3.05) is 0 Å². The molecule has 0 fully saturated rings. The largest absolute Gasteiger partial charge is 0.373 e. The summed E-state index contributed by atoms with van der Waals surface area (Å²) in [5.74, 6) is -0.126. The molecule has 0 bridgehead atoms. The third-order valence-corrected chi connectivity index (χ3v) is 13.1. The minimum absolute atomic E-state index is 0.126. The molecule has 0 saturated heterocycles. The summed E-state index contributed by atoms with van der Waals surface area (Å²) in [6, 6.07) is 3.87. The molecule has 0 aliphatic rings. The lowest BCUT2D eigenvalue weighted by atomic mass is 10.2. The van der Waals surface area contributed by atoms with Crippen molar-refractivity contribution in [3.05, 3.63) is 34.2 Å². The molecule has 2 rings (SSSR count). The van der Waals surface area contributed by atoms with Crippen LogP contribution in [0.4, 0.5) is 4.39 Å². The van der Waals surface area contributed by atoms with E-state index in [1.807, 2.05) is 6.92 Å². The van der Waals surface area contributed by atoms with Gasteiger partial charge in [0.15, 0.2) is 8.24 Å². The molecule has 22 heavy (non-hydrogen) atoms. The normalized spacial score (nSPS) is 13.1. The van der Waals surface area contributed by atoms with E-state index in [0.717, 1.165) is 15.4 Å². The Labute approximate surface area is 143 Å². The molecule has 0 spiro atoms. The first-order chi connectivity index (χ1) is 10.2. The number of halogens is 2. The molecule has 0 aliphatic heterocycles. The average molecular weight is 384 g/mol. The van der Waals surface area contributed by atoms with Crippen molar-refractivity contribution < 1.29 is 4.39 Å². The average Bonchev–Trinajstić information content (AvgIpc) is 2.80. The standard InChI is InChI=1S/C18H27BrFNSi/c1-11(2)22(12(3)4,13(5)6)21-9-8-15-17(21)10-16(20)14(7)18(15)19/h8-13H,1-7H3. The van der Waals surface area contributed by atoms with Crippen LogP contribution in [0, 0.1) is 12.7 Å². The highest BCUT2D eigenvalue weighted by Crippen LogP contribution is 2.45. The molecule has 0 unspecified atom stereocenters. The third kappa shape index (κ3) is 2.39. The van der Waals surface area contributed by atoms with Gasteiger partial charge in [-0.15, -0.1) is 0 Å². The van der Waals surface area contributed by atoms with E-state index in [1.165, 1.54) is 0 Å². The summed E-state index contributed by atoms with van der Waals surface area (Å²) in [6.45, 7) is 15.8. The summed E-state index contributed by atoms with van der Waals surface area (Å²) in [4.78, 5) is 0. The number of rotatable bonds is 4. The van der Waals surface area contributed by atoms with Crippen LogP contribution in [-0.4, -0.2) is 12.5 Å². The van der Waals surface area contributed by atoms with Crippen molar-refractivity contribution in [3.63, 3.8) is 0 Å². The Hall–Kier alpha value is -0.613. The fourth-order valence-corrected chi connectivity index (χ4v) is 11.6. The second kappa shape index (κ2) is 6.12. The van der Waals surface area contributed by atoms with Crippen molar-refractivity contribution in [1.82, 2.24) is 4.23 Å². The van der Waals surface area contributed by atoms with Crippen LogP contribution in [0.2, 0.25) is 16.6 Å². The summed E-state index contributed by atoms with van der Waals surface area (Å²) >= 11 is 3.58. The summed E-state index contributed by atoms with van der Waals surface area (Å²) in [5, 5.41) is 1.12. The first kappa shape index (κ1) is 17.7. The van der Waals surface area contributed by atoms with E-state index in [-0.39, 0.29) is 5.82 Å². The Morgan fingerprint density at radius 3 is 2.00 bits per heavy atom. The zero-order chi connectivity index (χ0) is 16.8. The highest BCUT2D eigenvalue weighted by molar-refractivity contribution is 9.10. The highest BCUT2D eigenvalue weighted by Gasteiger charge is 2.45. The summed E-state index contributed by atoms with van der Waals surface area (Å²) in [7, 11) is -1.85. The number of hydrogen-bond donors (Lipinski definition) is 0. The fourth-order valence-electron chi connectivity index (χ4n) is 4.48. The SMILES string of the molecule is Cc1c(F)cc2c(ccn2[Si](C(C)C)(C(C)C)C(C)C)c1Br. The first-order valence-corrected chi connectivity index (χ1v) is 11.1. The van der Waals surface area contributed by atoms with Crippen LogP contribution < -0.4 is 0 Å². The van der Waals surface area contributed by atoms with Gasteiger partial charge in [-0.25, -0.2) is 4.39 Å². The third-order valence-electron chi connectivity index (χ3n) is 5.31. The van der Waals surface area contributed by atoms with E-state index < -0.39 is 8.24 Å². The Morgan fingerprint density at radius 2 is 1.55 bits per heavy atom. The molecular formula is C18H27BrFNSi. The topological polar surface area (TPSA) is 4.93 Å². The molecule has 0 saturated carbocycles. The maximum absolute atomic E-state index is 14.3. The van der Waals surface area contributed by atoms with E-state index in [1.54, 1.807) is 6.07 Å². The van der Waals surface area contributed by atoms with Gasteiger partial charge in [-0.3, -0.25) is 0 Å². The Bertz CT molecular complexity index is 666. The molecule has 122 valence electrons. The van der Waals surface area contributed by atoms with Crippen molar-refractivity contribution in [3.8, 4) is 0 Å². The van der Waals surface area contributed by atoms with Gasteiger partial charge < -0.3 is 4.23 Å². The summed E-state index contributed by atoms with van der Waals surface area (Å²) in [5.41, 5.74) is 3.50. The smallest absolute Gasteiger partial charge is 0.169 e. The predicted octanol–water partition coefficient (Wildman–Crippen LogP) is 6.87. The molecular weight excluding hydrogens is 357 g/mol. The zero-order valence-corrected chi connectivity index (χ0v) is 17.3. The Morgan fingerprint density at radius 1 is 1.05 bits per heavy atom. The quantitative estimate of drug-likeness (QED) is 0.507. The van der Waals surface area contributed by atoms with Crippen molar-refractivity contribution in [1.29, 1.82) is 0 Å². The van der Waals surface area contributed by atoms with Crippen molar-refractivity contribution in [2.24, 2.45) is 0 Å². The van der Waals surface area contributed by atoms with Crippen LogP contribution in [0.5, 0.6) is 0 Å². The van der Waals surface area contributed by atoms with Gasteiger partial charge >= 0.3 is 0 Å². The van der Waals surface area contributed by atoms with Crippen LogP contribution in [-0.2, 0) is 0 Å². The summed E-state index contributed by atoms with van der Waals surface area (Å²) in [6.07, 6.45) is 2.19. The molecule has 0 radical (unpaired) electrons. The highest BCUT2D eigenvalue weighted by atomic mass is 79.9. The number of benzene rings is 1. The molecule has 2 aromatic rings. The van der Waals surface area contributed by atoms with Crippen molar-refractivity contribution in [2.45, 2.75) is 65.1 Å². The van der Waals surface area contributed by atoms with Gasteiger partial charge in [-0.2, -0.15) is 0 Å². The van der Waals surface area contributed by atoms with Crippen molar-refractivity contribution >= 4 is 35.1 Å². The molecule has 4 heteroatoms. The van der Waals surface area contributed by atoms with Crippen LogP contribution in [0.3, 0.4) is 0 Å². The molecule has 0 atom stereocenters. The predicted molar refractivity (Wildman–Crippen MR) is 101 cm³/mol. The maximum atomic E-state index is 14.3. The van der Waals surface area contributed by atoms with Gasteiger partial charge in [0, 0.05) is 15.4 Å². The van der Waals surface area contributed by atoms with Gasteiger partial charge in [0.2, 0.25) is 0 Å². The lowest BCUT2D eigenvalue weighted by Crippen LogP contribution is -2.51.